The Labute approximate surface area is 126 Å². The summed E-state index contributed by atoms with van der Waals surface area (Å²) in [5.41, 5.74) is 0.415. The van der Waals surface area contributed by atoms with Crippen molar-refractivity contribution >= 4 is 5.91 Å². The third-order valence-corrected chi connectivity index (χ3v) is 4.04. The standard InChI is InChI=1S/C17H25NO3/c1-14-6-8-15(9-7-14)21-12-16(19)18-13-17(20)10-4-2-3-5-11-17/h6-9,20H,2-5,10-13H2,1H3,(H,18,19). The molecule has 4 nitrogen and oxygen atoms in total. The van der Waals surface area contributed by atoms with E-state index in [1.807, 2.05) is 31.2 Å². The Morgan fingerprint density at radius 1 is 1.19 bits per heavy atom. The number of carbonyl (C=O) groups is 1. The number of aliphatic hydroxyl groups is 1. The molecule has 1 aromatic rings. The zero-order valence-electron chi connectivity index (χ0n) is 12.7. The van der Waals surface area contributed by atoms with Crippen LogP contribution in [0.5, 0.6) is 5.75 Å². The molecule has 1 aliphatic rings. The summed E-state index contributed by atoms with van der Waals surface area (Å²) in [7, 11) is 0. The smallest absolute Gasteiger partial charge is 0.258 e. The normalized spacial score (nSPS) is 17.8. The monoisotopic (exact) mass is 291 g/mol. The van der Waals surface area contributed by atoms with Crippen LogP contribution >= 0.6 is 0 Å². The number of amides is 1. The number of ether oxygens (including phenoxy) is 1. The average Bonchev–Trinajstić information content (AvgIpc) is 2.70. The first kappa shape index (κ1) is 15.8. The molecule has 4 heteroatoms. The largest absolute Gasteiger partial charge is 0.484 e. The van der Waals surface area contributed by atoms with E-state index in [0.717, 1.165) is 31.2 Å². The second kappa shape index (κ2) is 7.46. The fraction of sp³-hybridized carbons (Fsp3) is 0.588. The molecule has 1 saturated carbocycles. The van der Waals surface area contributed by atoms with Crippen LogP contribution in [0.1, 0.15) is 44.1 Å². The molecule has 116 valence electrons. The minimum absolute atomic E-state index is 0.0147. The summed E-state index contributed by atoms with van der Waals surface area (Å²) in [5.74, 6) is 0.497. The number of hydrogen-bond donors (Lipinski definition) is 2. The Morgan fingerprint density at radius 3 is 2.43 bits per heavy atom. The summed E-state index contributed by atoms with van der Waals surface area (Å²) in [6, 6.07) is 7.59. The highest BCUT2D eigenvalue weighted by molar-refractivity contribution is 5.77. The topological polar surface area (TPSA) is 58.6 Å². The minimum atomic E-state index is -0.740. The van der Waals surface area contributed by atoms with Gasteiger partial charge in [-0.05, 0) is 31.9 Å². The number of aryl methyl sites for hydroxylation is 1. The van der Waals surface area contributed by atoms with Crippen LogP contribution in [0.2, 0.25) is 0 Å². The lowest BCUT2D eigenvalue weighted by atomic mass is 9.94. The molecule has 0 radical (unpaired) electrons. The van der Waals surface area contributed by atoms with Crippen molar-refractivity contribution < 1.29 is 14.6 Å². The maximum absolute atomic E-state index is 11.8. The molecule has 1 aromatic carbocycles. The highest BCUT2D eigenvalue weighted by Crippen LogP contribution is 2.26. The highest BCUT2D eigenvalue weighted by Gasteiger charge is 2.28. The Balaban J connectivity index is 1.72. The number of nitrogens with one attached hydrogen (secondary N) is 1. The summed E-state index contributed by atoms with van der Waals surface area (Å²) >= 11 is 0. The third kappa shape index (κ3) is 5.38. The van der Waals surface area contributed by atoms with Crippen molar-refractivity contribution in [1.82, 2.24) is 5.32 Å². The van der Waals surface area contributed by atoms with E-state index in [9.17, 15) is 9.90 Å². The molecule has 2 N–H and O–H groups in total. The van der Waals surface area contributed by atoms with Crippen molar-refractivity contribution in [3.05, 3.63) is 29.8 Å². The van der Waals surface area contributed by atoms with Crippen molar-refractivity contribution in [3.8, 4) is 5.75 Å². The molecular weight excluding hydrogens is 266 g/mol. The molecule has 21 heavy (non-hydrogen) atoms. The molecule has 0 aliphatic heterocycles. The molecule has 2 rings (SSSR count). The molecule has 0 aromatic heterocycles. The van der Waals surface area contributed by atoms with Crippen molar-refractivity contribution in [2.24, 2.45) is 0 Å². The molecule has 0 saturated heterocycles. The molecule has 0 bridgehead atoms. The van der Waals surface area contributed by atoms with E-state index in [-0.39, 0.29) is 12.5 Å². The van der Waals surface area contributed by atoms with Crippen LogP contribution in [0.4, 0.5) is 0 Å². The number of carbonyl (C=O) groups excluding carboxylic acids is 1. The summed E-state index contributed by atoms with van der Waals surface area (Å²) in [6.45, 7) is 2.31. The number of benzene rings is 1. The van der Waals surface area contributed by atoms with Crippen LogP contribution in [0.3, 0.4) is 0 Å². The van der Waals surface area contributed by atoms with Crippen LogP contribution in [0.15, 0.2) is 24.3 Å². The number of rotatable bonds is 5. The van der Waals surface area contributed by atoms with Gasteiger partial charge in [0.05, 0.1) is 5.60 Å². The molecule has 0 spiro atoms. The second-order valence-corrected chi connectivity index (χ2v) is 6.02. The van der Waals surface area contributed by atoms with E-state index < -0.39 is 5.60 Å². The highest BCUT2D eigenvalue weighted by atomic mass is 16.5. The summed E-state index contributed by atoms with van der Waals surface area (Å²) in [6.07, 6.45) is 5.95. The fourth-order valence-corrected chi connectivity index (χ4v) is 2.66. The molecular formula is C17H25NO3. The molecule has 1 fully saturated rings. The molecule has 0 heterocycles. The van der Waals surface area contributed by atoms with Crippen molar-refractivity contribution in [2.75, 3.05) is 13.2 Å². The third-order valence-electron chi connectivity index (χ3n) is 4.04. The maximum Gasteiger partial charge on any atom is 0.258 e. The second-order valence-electron chi connectivity index (χ2n) is 6.02. The first-order valence-corrected chi connectivity index (χ1v) is 7.76. The SMILES string of the molecule is Cc1ccc(OCC(=O)NCC2(O)CCCCCC2)cc1. The summed E-state index contributed by atoms with van der Waals surface area (Å²) in [5, 5.41) is 13.2. The van der Waals surface area contributed by atoms with Gasteiger partial charge in [0.15, 0.2) is 6.61 Å². The average molecular weight is 291 g/mol. The van der Waals surface area contributed by atoms with E-state index in [1.165, 1.54) is 12.8 Å². The number of hydrogen-bond acceptors (Lipinski definition) is 3. The van der Waals surface area contributed by atoms with Gasteiger partial charge in [-0.25, -0.2) is 0 Å². The first-order valence-electron chi connectivity index (χ1n) is 7.76. The lowest BCUT2D eigenvalue weighted by molar-refractivity contribution is -0.124. The maximum atomic E-state index is 11.8. The van der Waals surface area contributed by atoms with Crippen LogP contribution in [0.25, 0.3) is 0 Å². The molecule has 1 amide bonds. The van der Waals surface area contributed by atoms with E-state index in [2.05, 4.69) is 5.32 Å². The van der Waals surface area contributed by atoms with Gasteiger partial charge < -0.3 is 15.2 Å². The van der Waals surface area contributed by atoms with Crippen LogP contribution < -0.4 is 10.1 Å². The van der Waals surface area contributed by atoms with Gasteiger partial charge >= 0.3 is 0 Å². The van der Waals surface area contributed by atoms with Gasteiger partial charge in [-0.15, -0.1) is 0 Å². The zero-order chi connectivity index (χ0) is 15.1. The summed E-state index contributed by atoms with van der Waals surface area (Å²) < 4.78 is 5.43. The lowest BCUT2D eigenvalue weighted by Gasteiger charge is -2.26. The molecule has 0 unspecified atom stereocenters. The predicted octanol–water partition coefficient (Wildman–Crippen LogP) is 2.58. The van der Waals surface area contributed by atoms with Crippen molar-refractivity contribution in [3.63, 3.8) is 0 Å². The molecule has 0 atom stereocenters. The predicted molar refractivity (Wildman–Crippen MR) is 82.3 cm³/mol. The Morgan fingerprint density at radius 2 is 1.81 bits per heavy atom. The van der Waals surface area contributed by atoms with Crippen LogP contribution in [-0.2, 0) is 4.79 Å². The first-order chi connectivity index (χ1) is 10.1. The Bertz CT molecular complexity index is 448. The zero-order valence-corrected chi connectivity index (χ0v) is 12.7. The van der Waals surface area contributed by atoms with Gasteiger partial charge in [-0.3, -0.25) is 4.79 Å². The van der Waals surface area contributed by atoms with Crippen molar-refractivity contribution in [2.45, 2.75) is 51.0 Å². The molecule has 1 aliphatic carbocycles. The van der Waals surface area contributed by atoms with Gasteiger partial charge in [0.1, 0.15) is 5.75 Å². The van der Waals surface area contributed by atoms with Gasteiger partial charge in [0.2, 0.25) is 0 Å². The van der Waals surface area contributed by atoms with Crippen LogP contribution in [-0.4, -0.2) is 29.8 Å². The Hall–Kier alpha value is -1.55. The van der Waals surface area contributed by atoms with Crippen LogP contribution in [0, 0.1) is 6.92 Å². The van der Waals surface area contributed by atoms with Crippen molar-refractivity contribution in [1.29, 1.82) is 0 Å². The quantitative estimate of drug-likeness (QED) is 0.820. The van der Waals surface area contributed by atoms with E-state index in [1.54, 1.807) is 0 Å². The van der Waals surface area contributed by atoms with Gasteiger partial charge in [0, 0.05) is 6.54 Å². The minimum Gasteiger partial charge on any atom is -0.484 e. The van der Waals surface area contributed by atoms with E-state index in [0.29, 0.717) is 12.3 Å². The van der Waals surface area contributed by atoms with Gasteiger partial charge in [0.25, 0.3) is 5.91 Å². The lowest BCUT2D eigenvalue weighted by Crippen LogP contribution is -2.44. The van der Waals surface area contributed by atoms with E-state index >= 15 is 0 Å². The fourth-order valence-electron chi connectivity index (χ4n) is 2.66. The van der Waals surface area contributed by atoms with Gasteiger partial charge in [-0.1, -0.05) is 43.4 Å². The van der Waals surface area contributed by atoms with Gasteiger partial charge in [-0.2, -0.15) is 0 Å². The Kier molecular flexibility index (Phi) is 5.62. The summed E-state index contributed by atoms with van der Waals surface area (Å²) in [4.78, 5) is 11.8. The van der Waals surface area contributed by atoms with E-state index in [4.69, 9.17) is 4.74 Å².